The molecule has 0 bridgehead atoms. The van der Waals surface area contributed by atoms with E-state index in [-0.39, 0.29) is 6.54 Å². The maximum atomic E-state index is 15.0. The molecule has 3 heterocycles. The van der Waals surface area contributed by atoms with Crippen molar-refractivity contribution in [2.75, 3.05) is 39.2 Å². The SMILES string of the molecule is COc1ccc(-c2cc3nccnc3c(NC[C@]3(F)CCCNC3)n2)cc1OC. The third-order valence-electron chi connectivity index (χ3n) is 5.13. The summed E-state index contributed by atoms with van der Waals surface area (Å²) in [5.41, 5.74) is 1.52. The van der Waals surface area contributed by atoms with Crippen LogP contribution in [0.25, 0.3) is 22.3 Å². The monoisotopic (exact) mass is 397 g/mol. The number of alkyl halides is 1. The highest BCUT2D eigenvalue weighted by atomic mass is 19.1. The van der Waals surface area contributed by atoms with Gasteiger partial charge in [-0.3, -0.25) is 4.98 Å². The summed E-state index contributed by atoms with van der Waals surface area (Å²) in [6.45, 7) is 1.35. The van der Waals surface area contributed by atoms with Gasteiger partial charge in [0.25, 0.3) is 0 Å². The Hall–Kier alpha value is -3.00. The minimum Gasteiger partial charge on any atom is -0.493 e. The second kappa shape index (κ2) is 8.16. The molecule has 1 aliphatic heterocycles. The van der Waals surface area contributed by atoms with Gasteiger partial charge in [-0.2, -0.15) is 0 Å². The molecule has 0 radical (unpaired) electrons. The van der Waals surface area contributed by atoms with Gasteiger partial charge in [0.2, 0.25) is 0 Å². The fourth-order valence-electron chi connectivity index (χ4n) is 3.56. The number of hydrogen-bond acceptors (Lipinski definition) is 7. The lowest BCUT2D eigenvalue weighted by molar-refractivity contribution is 0.137. The van der Waals surface area contributed by atoms with Crippen molar-refractivity contribution in [3.8, 4) is 22.8 Å². The van der Waals surface area contributed by atoms with Crippen LogP contribution in [0.1, 0.15) is 12.8 Å². The van der Waals surface area contributed by atoms with E-state index in [9.17, 15) is 0 Å². The minimum absolute atomic E-state index is 0.161. The number of benzene rings is 1. The molecule has 0 unspecified atom stereocenters. The van der Waals surface area contributed by atoms with E-state index in [4.69, 9.17) is 14.5 Å². The van der Waals surface area contributed by atoms with Gasteiger partial charge < -0.3 is 20.1 Å². The van der Waals surface area contributed by atoms with Crippen molar-refractivity contribution in [1.82, 2.24) is 20.3 Å². The van der Waals surface area contributed by atoms with E-state index in [2.05, 4.69) is 20.6 Å². The van der Waals surface area contributed by atoms with Gasteiger partial charge >= 0.3 is 0 Å². The second-order valence-corrected chi connectivity index (χ2v) is 7.13. The molecule has 1 aliphatic rings. The molecule has 2 aromatic heterocycles. The Morgan fingerprint density at radius 2 is 1.97 bits per heavy atom. The summed E-state index contributed by atoms with van der Waals surface area (Å²) < 4.78 is 25.8. The first kappa shape index (κ1) is 19.3. The molecule has 7 nitrogen and oxygen atoms in total. The second-order valence-electron chi connectivity index (χ2n) is 7.13. The first-order valence-electron chi connectivity index (χ1n) is 9.59. The summed E-state index contributed by atoms with van der Waals surface area (Å²) in [6, 6.07) is 7.45. The molecule has 1 saturated heterocycles. The van der Waals surface area contributed by atoms with Gasteiger partial charge in [0.05, 0.1) is 32.0 Å². The van der Waals surface area contributed by atoms with Crippen LogP contribution in [0, 0.1) is 0 Å². The Morgan fingerprint density at radius 3 is 2.72 bits per heavy atom. The first-order valence-corrected chi connectivity index (χ1v) is 9.59. The lowest BCUT2D eigenvalue weighted by atomic mass is 9.96. The Morgan fingerprint density at radius 1 is 1.14 bits per heavy atom. The van der Waals surface area contributed by atoms with Crippen LogP contribution >= 0.6 is 0 Å². The van der Waals surface area contributed by atoms with Crippen molar-refractivity contribution in [3.05, 3.63) is 36.7 Å². The molecule has 0 amide bonds. The molecule has 1 atom stereocenters. The highest BCUT2D eigenvalue weighted by Crippen LogP contribution is 2.33. The number of pyridine rings is 1. The molecule has 0 saturated carbocycles. The third kappa shape index (κ3) is 4.07. The Labute approximate surface area is 168 Å². The van der Waals surface area contributed by atoms with Crippen LogP contribution in [-0.2, 0) is 0 Å². The number of methoxy groups -OCH3 is 2. The van der Waals surface area contributed by atoms with Gasteiger partial charge in [0.1, 0.15) is 11.2 Å². The van der Waals surface area contributed by atoms with E-state index in [1.807, 2.05) is 24.3 Å². The molecule has 8 heteroatoms. The summed E-state index contributed by atoms with van der Waals surface area (Å²) in [5, 5.41) is 6.29. The molecule has 152 valence electrons. The fourth-order valence-corrected chi connectivity index (χ4v) is 3.56. The van der Waals surface area contributed by atoms with Crippen molar-refractivity contribution < 1.29 is 13.9 Å². The zero-order chi connectivity index (χ0) is 20.3. The van der Waals surface area contributed by atoms with Crippen LogP contribution in [0.3, 0.4) is 0 Å². The number of nitrogens with zero attached hydrogens (tertiary/aromatic N) is 3. The Balaban J connectivity index is 1.71. The molecule has 3 aromatic rings. The summed E-state index contributed by atoms with van der Waals surface area (Å²) in [4.78, 5) is 13.5. The smallest absolute Gasteiger partial charge is 0.161 e. The Kier molecular flexibility index (Phi) is 5.44. The van der Waals surface area contributed by atoms with Gasteiger partial charge in [0, 0.05) is 24.5 Å². The first-order chi connectivity index (χ1) is 14.1. The topological polar surface area (TPSA) is 81.2 Å². The van der Waals surface area contributed by atoms with Crippen molar-refractivity contribution in [3.63, 3.8) is 0 Å². The maximum Gasteiger partial charge on any atom is 0.161 e. The lowest BCUT2D eigenvalue weighted by Gasteiger charge is -2.30. The number of anilines is 1. The van der Waals surface area contributed by atoms with E-state index in [0.29, 0.717) is 47.0 Å². The van der Waals surface area contributed by atoms with E-state index in [0.717, 1.165) is 18.5 Å². The van der Waals surface area contributed by atoms with Crippen LogP contribution in [0.5, 0.6) is 11.5 Å². The molecule has 0 aliphatic carbocycles. The van der Waals surface area contributed by atoms with Crippen molar-refractivity contribution in [1.29, 1.82) is 0 Å². The summed E-state index contributed by atoms with van der Waals surface area (Å²) >= 11 is 0. The molecule has 29 heavy (non-hydrogen) atoms. The number of rotatable bonds is 6. The number of aromatic nitrogens is 3. The van der Waals surface area contributed by atoms with Crippen LogP contribution < -0.4 is 20.1 Å². The summed E-state index contributed by atoms with van der Waals surface area (Å²) in [6.07, 6.45) is 4.58. The van der Waals surface area contributed by atoms with Crippen LogP contribution in [0.15, 0.2) is 36.7 Å². The number of fused-ring (bicyclic) bond motifs is 1. The Bertz CT molecular complexity index is 1010. The summed E-state index contributed by atoms with van der Waals surface area (Å²) in [7, 11) is 3.18. The van der Waals surface area contributed by atoms with E-state index in [1.54, 1.807) is 26.6 Å². The zero-order valence-electron chi connectivity index (χ0n) is 16.5. The van der Waals surface area contributed by atoms with E-state index < -0.39 is 5.67 Å². The summed E-state index contributed by atoms with van der Waals surface area (Å²) in [5.74, 6) is 1.76. The predicted octanol–water partition coefficient (Wildman–Crippen LogP) is 3.21. The van der Waals surface area contributed by atoms with Crippen LogP contribution in [0.4, 0.5) is 10.2 Å². The maximum absolute atomic E-state index is 15.0. The van der Waals surface area contributed by atoms with Gasteiger partial charge in [-0.05, 0) is 43.7 Å². The predicted molar refractivity (Wildman–Crippen MR) is 110 cm³/mol. The van der Waals surface area contributed by atoms with Gasteiger partial charge in [-0.1, -0.05) is 0 Å². The van der Waals surface area contributed by atoms with Gasteiger partial charge in [0.15, 0.2) is 17.3 Å². The number of nitrogens with one attached hydrogen (secondary N) is 2. The van der Waals surface area contributed by atoms with Gasteiger partial charge in [-0.15, -0.1) is 0 Å². The normalized spacial score (nSPS) is 19.1. The lowest BCUT2D eigenvalue weighted by Crippen LogP contribution is -2.46. The standard InChI is InChI=1S/C21H24FN5O2/c1-28-17-5-4-14(10-18(17)29-2)15-11-16-19(25-9-8-24-16)20(27-15)26-13-21(22)6-3-7-23-12-21/h4-5,8-11,23H,3,6-7,12-13H2,1-2H3,(H,26,27)/t21-/m0/s1. The molecular weight excluding hydrogens is 373 g/mol. The molecule has 4 rings (SSSR count). The average molecular weight is 397 g/mol. The van der Waals surface area contributed by atoms with E-state index >= 15 is 4.39 Å². The highest BCUT2D eigenvalue weighted by molar-refractivity contribution is 5.88. The largest absolute Gasteiger partial charge is 0.493 e. The van der Waals surface area contributed by atoms with Crippen LogP contribution in [-0.4, -0.2) is 54.5 Å². The molecule has 2 N–H and O–H groups in total. The van der Waals surface area contributed by atoms with Crippen molar-refractivity contribution in [2.24, 2.45) is 0 Å². The average Bonchev–Trinajstić information content (AvgIpc) is 2.77. The quantitative estimate of drug-likeness (QED) is 0.661. The van der Waals surface area contributed by atoms with Crippen LogP contribution in [0.2, 0.25) is 0 Å². The minimum atomic E-state index is -1.31. The number of ether oxygens (including phenoxy) is 2. The molecular formula is C21H24FN5O2. The highest BCUT2D eigenvalue weighted by Gasteiger charge is 2.31. The molecule has 1 aromatic carbocycles. The zero-order valence-corrected chi connectivity index (χ0v) is 16.5. The third-order valence-corrected chi connectivity index (χ3v) is 5.13. The fraction of sp³-hybridized carbons (Fsp3) is 0.381. The van der Waals surface area contributed by atoms with Crippen molar-refractivity contribution in [2.45, 2.75) is 18.5 Å². The number of piperidine rings is 1. The van der Waals surface area contributed by atoms with Gasteiger partial charge in [-0.25, -0.2) is 14.4 Å². The molecule has 1 fully saturated rings. The molecule has 0 spiro atoms. The van der Waals surface area contributed by atoms with Crippen molar-refractivity contribution >= 4 is 16.9 Å². The number of halogens is 1. The number of hydrogen-bond donors (Lipinski definition) is 2. The van der Waals surface area contributed by atoms with E-state index in [1.165, 1.54) is 0 Å².